The molecule has 2 rings (SSSR count). The predicted molar refractivity (Wildman–Crippen MR) is 72.5 cm³/mol. The van der Waals surface area contributed by atoms with Gasteiger partial charge in [0.25, 0.3) is 0 Å². The van der Waals surface area contributed by atoms with Gasteiger partial charge in [0.05, 0.1) is 12.6 Å². The van der Waals surface area contributed by atoms with Crippen LogP contribution >= 0.6 is 11.6 Å². The van der Waals surface area contributed by atoms with E-state index in [-0.39, 0.29) is 17.0 Å². The summed E-state index contributed by atoms with van der Waals surface area (Å²) in [6.07, 6.45) is 2.90. The van der Waals surface area contributed by atoms with Gasteiger partial charge in [0, 0.05) is 6.07 Å². The van der Waals surface area contributed by atoms with E-state index in [0.717, 1.165) is 25.8 Å². The van der Waals surface area contributed by atoms with Crippen LogP contribution in [0.5, 0.6) is 5.88 Å². The molecule has 1 unspecified atom stereocenters. The number of piperidine rings is 1. The van der Waals surface area contributed by atoms with E-state index < -0.39 is 5.54 Å². The van der Waals surface area contributed by atoms with Gasteiger partial charge >= 0.3 is 0 Å². The van der Waals surface area contributed by atoms with Crippen molar-refractivity contribution in [3.8, 4) is 5.88 Å². The quantitative estimate of drug-likeness (QED) is 0.825. The third-order valence-electron chi connectivity index (χ3n) is 3.23. The minimum atomic E-state index is -0.586. The predicted octanol–water partition coefficient (Wildman–Crippen LogP) is 1.61. The molecule has 0 spiro atoms. The summed E-state index contributed by atoms with van der Waals surface area (Å²) >= 11 is 5.83. The van der Waals surface area contributed by atoms with Crippen LogP contribution in [-0.2, 0) is 4.79 Å². The Bertz CT molecular complexity index is 475. The van der Waals surface area contributed by atoms with E-state index in [4.69, 9.17) is 16.3 Å². The molecule has 0 aliphatic carbocycles. The Morgan fingerprint density at radius 2 is 2.32 bits per heavy atom. The van der Waals surface area contributed by atoms with Gasteiger partial charge in [-0.2, -0.15) is 4.98 Å². The molecular formula is C12H17ClN4O2. The highest BCUT2D eigenvalue weighted by atomic mass is 35.5. The Morgan fingerprint density at radius 3 is 2.95 bits per heavy atom. The van der Waals surface area contributed by atoms with E-state index in [1.54, 1.807) is 0 Å². The number of nitrogens with one attached hydrogen (secondary N) is 2. The summed E-state index contributed by atoms with van der Waals surface area (Å²) in [7, 11) is 1.48. The molecule has 1 aliphatic heterocycles. The van der Waals surface area contributed by atoms with Gasteiger partial charge in [-0.15, -0.1) is 0 Å². The largest absolute Gasteiger partial charge is 0.481 e. The van der Waals surface area contributed by atoms with Crippen molar-refractivity contribution in [2.45, 2.75) is 31.7 Å². The van der Waals surface area contributed by atoms with Gasteiger partial charge in [-0.1, -0.05) is 11.6 Å². The van der Waals surface area contributed by atoms with Crippen molar-refractivity contribution in [1.29, 1.82) is 0 Å². The van der Waals surface area contributed by atoms with Crippen LogP contribution in [0.1, 0.15) is 26.2 Å². The number of hydrogen-bond acceptors (Lipinski definition) is 5. The lowest BCUT2D eigenvalue weighted by molar-refractivity contribution is -0.122. The minimum absolute atomic E-state index is 0.156. The molecule has 1 saturated heterocycles. The summed E-state index contributed by atoms with van der Waals surface area (Å²) in [5.74, 6) is 0.316. The molecule has 0 saturated carbocycles. The first kappa shape index (κ1) is 14.0. The van der Waals surface area contributed by atoms with E-state index in [2.05, 4.69) is 20.6 Å². The number of halogens is 1. The fraction of sp³-hybridized carbons (Fsp3) is 0.583. The molecule has 0 bridgehead atoms. The van der Waals surface area contributed by atoms with Crippen LogP contribution in [0.2, 0.25) is 5.15 Å². The van der Waals surface area contributed by atoms with E-state index in [9.17, 15) is 4.79 Å². The smallest absolute Gasteiger partial charge is 0.246 e. The molecule has 1 atom stereocenters. The van der Waals surface area contributed by atoms with Crippen molar-refractivity contribution < 1.29 is 9.53 Å². The molecule has 19 heavy (non-hydrogen) atoms. The maximum absolute atomic E-state index is 12.3. The van der Waals surface area contributed by atoms with Crippen molar-refractivity contribution in [1.82, 2.24) is 15.3 Å². The molecule has 0 aromatic carbocycles. The van der Waals surface area contributed by atoms with E-state index in [1.807, 2.05) is 6.92 Å². The monoisotopic (exact) mass is 284 g/mol. The number of hydrogen-bond donors (Lipinski definition) is 2. The van der Waals surface area contributed by atoms with Gasteiger partial charge in [0.1, 0.15) is 5.15 Å². The summed E-state index contributed by atoms with van der Waals surface area (Å²) < 4.78 is 4.99. The molecule has 0 radical (unpaired) electrons. The van der Waals surface area contributed by atoms with Gasteiger partial charge in [-0.05, 0) is 32.7 Å². The van der Waals surface area contributed by atoms with Crippen molar-refractivity contribution in [3.05, 3.63) is 11.2 Å². The molecule has 1 amide bonds. The zero-order valence-electron chi connectivity index (χ0n) is 11.0. The maximum atomic E-state index is 12.3. The SMILES string of the molecule is COc1cc(Cl)nc(NC(=O)C2(C)CCCCN2)n1. The first-order chi connectivity index (χ1) is 9.03. The van der Waals surface area contributed by atoms with E-state index in [0.29, 0.717) is 5.88 Å². The third kappa shape index (κ3) is 3.33. The van der Waals surface area contributed by atoms with Crippen LogP contribution < -0.4 is 15.4 Å². The fourth-order valence-electron chi connectivity index (χ4n) is 2.05. The number of ether oxygens (including phenoxy) is 1. The number of anilines is 1. The van der Waals surface area contributed by atoms with Crippen LogP contribution in [0.15, 0.2) is 6.07 Å². The number of carbonyl (C=O) groups is 1. The van der Waals surface area contributed by atoms with Crippen molar-refractivity contribution in [3.63, 3.8) is 0 Å². The molecule has 1 aromatic rings. The fourth-order valence-corrected chi connectivity index (χ4v) is 2.22. The van der Waals surface area contributed by atoms with Gasteiger partial charge in [-0.25, -0.2) is 4.98 Å². The number of amides is 1. The van der Waals surface area contributed by atoms with Crippen LogP contribution in [-0.4, -0.2) is 35.1 Å². The molecular weight excluding hydrogens is 268 g/mol. The number of rotatable bonds is 3. The summed E-state index contributed by atoms with van der Waals surface area (Å²) in [6.45, 7) is 2.72. The third-order valence-corrected chi connectivity index (χ3v) is 3.42. The van der Waals surface area contributed by atoms with Crippen molar-refractivity contribution >= 4 is 23.5 Å². The summed E-state index contributed by atoms with van der Waals surface area (Å²) in [6, 6.07) is 1.48. The zero-order valence-corrected chi connectivity index (χ0v) is 11.8. The Labute approximate surface area is 116 Å². The molecule has 1 aromatic heterocycles. The highest BCUT2D eigenvalue weighted by Gasteiger charge is 2.34. The average Bonchev–Trinajstić information content (AvgIpc) is 2.38. The van der Waals surface area contributed by atoms with E-state index >= 15 is 0 Å². The lowest BCUT2D eigenvalue weighted by Crippen LogP contribution is -2.54. The molecule has 7 heteroatoms. The number of methoxy groups -OCH3 is 1. The second kappa shape index (κ2) is 5.71. The Morgan fingerprint density at radius 1 is 1.53 bits per heavy atom. The molecule has 2 heterocycles. The molecule has 2 N–H and O–H groups in total. The summed E-state index contributed by atoms with van der Waals surface area (Å²) in [5.41, 5.74) is -0.586. The molecule has 104 valence electrons. The normalized spacial score (nSPS) is 22.9. The average molecular weight is 285 g/mol. The van der Waals surface area contributed by atoms with Gasteiger partial charge in [0.15, 0.2) is 0 Å². The summed E-state index contributed by atoms with van der Waals surface area (Å²) in [5, 5.41) is 6.13. The van der Waals surface area contributed by atoms with E-state index in [1.165, 1.54) is 13.2 Å². The Hall–Kier alpha value is -1.40. The van der Waals surface area contributed by atoms with Crippen LogP contribution in [0, 0.1) is 0 Å². The standard InChI is InChI=1S/C12H17ClN4O2/c1-12(5-3-4-6-14-12)10(18)17-11-15-8(13)7-9(16-11)19-2/h7,14H,3-6H2,1-2H3,(H,15,16,17,18). The number of carbonyl (C=O) groups excluding carboxylic acids is 1. The highest BCUT2D eigenvalue weighted by Crippen LogP contribution is 2.21. The summed E-state index contributed by atoms with van der Waals surface area (Å²) in [4.78, 5) is 20.3. The molecule has 1 aliphatic rings. The highest BCUT2D eigenvalue weighted by molar-refractivity contribution is 6.29. The number of aromatic nitrogens is 2. The minimum Gasteiger partial charge on any atom is -0.481 e. The van der Waals surface area contributed by atoms with Crippen LogP contribution in [0.4, 0.5) is 5.95 Å². The lowest BCUT2D eigenvalue weighted by Gasteiger charge is -2.33. The second-order valence-corrected chi connectivity index (χ2v) is 5.11. The first-order valence-electron chi connectivity index (χ1n) is 6.18. The molecule has 6 nitrogen and oxygen atoms in total. The maximum Gasteiger partial charge on any atom is 0.246 e. The zero-order chi connectivity index (χ0) is 13.9. The van der Waals surface area contributed by atoms with Gasteiger partial charge in [0.2, 0.25) is 17.7 Å². The molecule has 1 fully saturated rings. The second-order valence-electron chi connectivity index (χ2n) is 4.73. The van der Waals surface area contributed by atoms with Crippen molar-refractivity contribution in [2.24, 2.45) is 0 Å². The first-order valence-corrected chi connectivity index (χ1v) is 6.56. The van der Waals surface area contributed by atoms with Crippen molar-refractivity contribution in [2.75, 3.05) is 19.0 Å². The lowest BCUT2D eigenvalue weighted by atomic mass is 9.90. The van der Waals surface area contributed by atoms with Crippen LogP contribution in [0.3, 0.4) is 0 Å². The number of nitrogens with zero attached hydrogens (tertiary/aromatic N) is 2. The Balaban J connectivity index is 2.12. The van der Waals surface area contributed by atoms with Gasteiger partial charge < -0.3 is 10.1 Å². The topological polar surface area (TPSA) is 76.1 Å². The Kier molecular flexibility index (Phi) is 4.21. The van der Waals surface area contributed by atoms with Crippen LogP contribution in [0.25, 0.3) is 0 Å². The van der Waals surface area contributed by atoms with Gasteiger partial charge in [-0.3, -0.25) is 10.1 Å².